The van der Waals surface area contributed by atoms with Crippen LogP contribution in [0.4, 0.5) is 5.69 Å². The first-order valence-electron chi connectivity index (χ1n) is 5.60. The lowest BCUT2D eigenvalue weighted by Crippen LogP contribution is -2.20. The summed E-state index contributed by atoms with van der Waals surface area (Å²) in [7, 11) is 0. The number of hydrogen-bond donors (Lipinski definition) is 1. The normalized spacial score (nSPS) is 10.0. The molecule has 0 unspecified atom stereocenters. The molecular formula is C13H12BrN3O2. The highest BCUT2D eigenvalue weighted by Gasteiger charge is 2.04. The van der Waals surface area contributed by atoms with Gasteiger partial charge in [-0.3, -0.25) is 4.79 Å². The van der Waals surface area contributed by atoms with Gasteiger partial charge in [-0.05, 0) is 31.2 Å². The smallest absolute Gasteiger partial charge is 0.262 e. The molecule has 5 nitrogen and oxygen atoms in total. The Kier molecular flexibility index (Phi) is 4.46. The van der Waals surface area contributed by atoms with E-state index in [1.165, 1.54) is 6.33 Å². The summed E-state index contributed by atoms with van der Waals surface area (Å²) in [4.78, 5) is 19.5. The molecular weight excluding hydrogens is 310 g/mol. The summed E-state index contributed by atoms with van der Waals surface area (Å²) in [5, 5.41) is 2.73. The lowest BCUT2D eigenvalue weighted by Gasteiger charge is -2.07. The molecule has 0 aliphatic heterocycles. The van der Waals surface area contributed by atoms with Crippen molar-refractivity contribution in [2.45, 2.75) is 6.92 Å². The molecule has 1 amide bonds. The van der Waals surface area contributed by atoms with E-state index in [-0.39, 0.29) is 12.5 Å². The van der Waals surface area contributed by atoms with Gasteiger partial charge in [-0.25, -0.2) is 9.97 Å². The zero-order valence-corrected chi connectivity index (χ0v) is 11.8. The highest BCUT2D eigenvalue weighted by atomic mass is 79.9. The predicted octanol–water partition coefficient (Wildman–Crippen LogP) is 2.57. The number of rotatable bonds is 4. The maximum Gasteiger partial charge on any atom is 0.262 e. The number of amides is 1. The lowest BCUT2D eigenvalue weighted by molar-refractivity contribution is -0.118. The van der Waals surface area contributed by atoms with E-state index in [4.69, 9.17) is 4.74 Å². The Hall–Kier alpha value is -1.95. The molecule has 0 fully saturated rings. The fourth-order valence-corrected chi connectivity index (χ4v) is 1.64. The van der Waals surface area contributed by atoms with Crippen LogP contribution in [0.25, 0.3) is 0 Å². The maximum absolute atomic E-state index is 11.7. The second kappa shape index (κ2) is 6.29. The number of halogens is 1. The Labute approximate surface area is 119 Å². The molecule has 2 aromatic rings. The number of anilines is 1. The van der Waals surface area contributed by atoms with Crippen molar-refractivity contribution >= 4 is 27.5 Å². The minimum absolute atomic E-state index is 0.0908. The molecule has 0 bridgehead atoms. The van der Waals surface area contributed by atoms with E-state index in [0.29, 0.717) is 5.88 Å². The van der Waals surface area contributed by atoms with Crippen molar-refractivity contribution in [2.75, 3.05) is 11.9 Å². The van der Waals surface area contributed by atoms with Gasteiger partial charge in [-0.2, -0.15) is 0 Å². The van der Waals surface area contributed by atoms with E-state index in [2.05, 4.69) is 31.2 Å². The van der Waals surface area contributed by atoms with E-state index in [1.54, 1.807) is 18.2 Å². The summed E-state index contributed by atoms with van der Waals surface area (Å²) in [6.45, 7) is 1.74. The summed E-state index contributed by atoms with van der Waals surface area (Å²) < 4.78 is 6.23. The van der Waals surface area contributed by atoms with Crippen molar-refractivity contribution in [3.63, 3.8) is 0 Å². The van der Waals surface area contributed by atoms with Crippen LogP contribution in [-0.4, -0.2) is 22.5 Å². The van der Waals surface area contributed by atoms with Crippen LogP contribution < -0.4 is 10.1 Å². The molecule has 0 atom stereocenters. The Morgan fingerprint density at radius 3 is 2.74 bits per heavy atom. The summed E-state index contributed by atoms with van der Waals surface area (Å²) >= 11 is 3.33. The van der Waals surface area contributed by atoms with Crippen LogP contribution in [-0.2, 0) is 4.79 Å². The van der Waals surface area contributed by atoms with Gasteiger partial charge in [0.25, 0.3) is 5.91 Å². The highest BCUT2D eigenvalue weighted by Crippen LogP contribution is 2.14. The van der Waals surface area contributed by atoms with Gasteiger partial charge in [0.05, 0.1) is 0 Å². The number of nitrogens with zero attached hydrogens (tertiary/aromatic N) is 2. The van der Waals surface area contributed by atoms with Crippen molar-refractivity contribution in [3.05, 3.63) is 46.8 Å². The number of carbonyl (C=O) groups excluding carboxylic acids is 1. The molecule has 0 radical (unpaired) electrons. The number of carbonyl (C=O) groups is 1. The topological polar surface area (TPSA) is 64.1 Å². The Bertz CT molecular complexity index is 572. The molecule has 0 aliphatic carbocycles. The number of nitrogens with one attached hydrogen (secondary N) is 1. The third-order valence-electron chi connectivity index (χ3n) is 2.26. The SMILES string of the molecule is Cc1cc(OCC(=O)Nc2ccc(Br)cc2)ncn1. The summed E-state index contributed by atoms with van der Waals surface area (Å²) in [5.41, 5.74) is 1.51. The second-order valence-corrected chi connectivity index (χ2v) is 4.76. The molecule has 0 aliphatic rings. The molecule has 0 saturated carbocycles. The molecule has 6 heteroatoms. The zero-order chi connectivity index (χ0) is 13.7. The van der Waals surface area contributed by atoms with E-state index in [9.17, 15) is 4.79 Å². The molecule has 98 valence electrons. The van der Waals surface area contributed by atoms with Gasteiger partial charge in [0, 0.05) is 21.9 Å². The number of ether oxygens (including phenoxy) is 1. The molecule has 0 saturated heterocycles. The first-order valence-corrected chi connectivity index (χ1v) is 6.39. The van der Waals surface area contributed by atoms with Gasteiger partial charge >= 0.3 is 0 Å². The number of benzene rings is 1. The average molecular weight is 322 g/mol. The second-order valence-electron chi connectivity index (χ2n) is 3.84. The molecule has 1 aromatic heterocycles. The van der Waals surface area contributed by atoms with Crippen molar-refractivity contribution < 1.29 is 9.53 Å². The largest absolute Gasteiger partial charge is 0.467 e. The molecule has 1 N–H and O–H groups in total. The number of aryl methyl sites for hydroxylation is 1. The lowest BCUT2D eigenvalue weighted by atomic mass is 10.3. The van der Waals surface area contributed by atoms with Crippen molar-refractivity contribution in [3.8, 4) is 5.88 Å². The van der Waals surface area contributed by atoms with Gasteiger partial charge < -0.3 is 10.1 Å². The van der Waals surface area contributed by atoms with Gasteiger partial charge in [0.1, 0.15) is 6.33 Å². The summed E-state index contributed by atoms with van der Waals surface area (Å²) in [6, 6.07) is 8.98. The van der Waals surface area contributed by atoms with E-state index < -0.39 is 0 Å². The van der Waals surface area contributed by atoms with Crippen LogP contribution in [0.15, 0.2) is 41.1 Å². The Balaban J connectivity index is 1.86. The summed E-state index contributed by atoms with van der Waals surface area (Å²) in [5.74, 6) is 0.150. The van der Waals surface area contributed by atoms with Gasteiger partial charge in [0.2, 0.25) is 5.88 Å². The standard InChI is InChI=1S/C13H12BrN3O2/c1-9-6-13(16-8-15-9)19-7-12(18)17-11-4-2-10(14)3-5-11/h2-6,8H,7H2,1H3,(H,17,18). The molecule has 1 aromatic carbocycles. The third kappa shape index (κ3) is 4.33. The van der Waals surface area contributed by atoms with Crippen molar-refractivity contribution in [1.82, 2.24) is 9.97 Å². The van der Waals surface area contributed by atoms with Gasteiger partial charge in [0.15, 0.2) is 6.61 Å². The van der Waals surface area contributed by atoms with Gasteiger partial charge in [-0.1, -0.05) is 15.9 Å². The minimum atomic E-state index is -0.237. The molecule has 0 spiro atoms. The highest BCUT2D eigenvalue weighted by molar-refractivity contribution is 9.10. The van der Waals surface area contributed by atoms with Crippen LogP contribution in [0.3, 0.4) is 0 Å². The van der Waals surface area contributed by atoms with E-state index in [0.717, 1.165) is 15.9 Å². The first kappa shape index (κ1) is 13.5. The monoisotopic (exact) mass is 321 g/mol. The van der Waals surface area contributed by atoms with Crippen LogP contribution in [0.1, 0.15) is 5.69 Å². The Morgan fingerprint density at radius 2 is 2.05 bits per heavy atom. The predicted molar refractivity (Wildman–Crippen MR) is 75.0 cm³/mol. The molecule has 2 rings (SSSR count). The van der Waals surface area contributed by atoms with Crippen molar-refractivity contribution in [1.29, 1.82) is 0 Å². The van der Waals surface area contributed by atoms with E-state index >= 15 is 0 Å². The first-order chi connectivity index (χ1) is 9.13. The maximum atomic E-state index is 11.7. The Morgan fingerprint density at radius 1 is 1.32 bits per heavy atom. The van der Waals surface area contributed by atoms with Crippen LogP contribution in [0, 0.1) is 6.92 Å². The van der Waals surface area contributed by atoms with Gasteiger partial charge in [-0.15, -0.1) is 0 Å². The molecule has 19 heavy (non-hydrogen) atoms. The fraction of sp³-hybridized carbons (Fsp3) is 0.154. The number of hydrogen-bond acceptors (Lipinski definition) is 4. The quantitative estimate of drug-likeness (QED) is 0.940. The van der Waals surface area contributed by atoms with Crippen LogP contribution >= 0.6 is 15.9 Å². The molecule has 1 heterocycles. The van der Waals surface area contributed by atoms with Crippen LogP contribution in [0.5, 0.6) is 5.88 Å². The zero-order valence-electron chi connectivity index (χ0n) is 10.3. The number of aromatic nitrogens is 2. The van der Waals surface area contributed by atoms with Crippen LogP contribution in [0.2, 0.25) is 0 Å². The summed E-state index contributed by atoms with van der Waals surface area (Å²) in [6.07, 6.45) is 1.40. The minimum Gasteiger partial charge on any atom is -0.467 e. The van der Waals surface area contributed by atoms with Crippen molar-refractivity contribution in [2.24, 2.45) is 0 Å². The van der Waals surface area contributed by atoms with E-state index in [1.807, 2.05) is 19.1 Å². The fourth-order valence-electron chi connectivity index (χ4n) is 1.38. The average Bonchev–Trinajstić information content (AvgIpc) is 2.39. The third-order valence-corrected chi connectivity index (χ3v) is 2.79.